The number of hydrogen-bond acceptors (Lipinski definition) is 1. The van der Waals surface area contributed by atoms with Crippen LogP contribution in [0.3, 0.4) is 0 Å². The van der Waals surface area contributed by atoms with E-state index in [0.717, 1.165) is 6.07 Å². The average Bonchev–Trinajstić information content (AvgIpc) is 2.08. The Labute approximate surface area is 96.8 Å². The maximum atomic E-state index is 13.0. The molecule has 6 heteroatoms. The van der Waals surface area contributed by atoms with E-state index in [2.05, 4.69) is 0 Å². The number of halogens is 5. The van der Waals surface area contributed by atoms with E-state index in [1.807, 2.05) is 0 Å². The normalized spacial score (nSPS) is 11.2. The fourth-order valence-corrected chi connectivity index (χ4v) is 2.01. The second-order valence-electron chi connectivity index (χ2n) is 2.73. The van der Waals surface area contributed by atoms with Gasteiger partial charge in [-0.2, -0.15) is 18.4 Å². The highest BCUT2D eigenvalue weighted by molar-refractivity contribution is 14.1. The monoisotopic (exact) mass is 329 g/mol. The van der Waals surface area contributed by atoms with Crippen LogP contribution in [0.4, 0.5) is 17.6 Å². The summed E-state index contributed by atoms with van der Waals surface area (Å²) in [5.74, 6) is -1.31. The van der Waals surface area contributed by atoms with Crippen molar-refractivity contribution in [1.29, 1.82) is 5.26 Å². The van der Waals surface area contributed by atoms with Crippen LogP contribution in [0.1, 0.15) is 11.1 Å². The average molecular weight is 329 g/mol. The van der Waals surface area contributed by atoms with Crippen LogP contribution in [-0.4, -0.2) is 0 Å². The summed E-state index contributed by atoms with van der Waals surface area (Å²) in [6.45, 7) is 0. The molecule has 0 saturated carbocycles. The molecule has 1 aromatic rings. The second kappa shape index (κ2) is 4.35. The Morgan fingerprint density at radius 3 is 2.40 bits per heavy atom. The van der Waals surface area contributed by atoms with Gasteiger partial charge in [0.25, 0.3) is 0 Å². The van der Waals surface area contributed by atoms with Gasteiger partial charge in [-0.3, -0.25) is 0 Å². The summed E-state index contributed by atoms with van der Waals surface area (Å²) in [7, 11) is 0. The van der Waals surface area contributed by atoms with Gasteiger partial charge < -0.3 is 0 Å². The van der Waals surface area contributed by atoms with Crippen molar-refractivity contribution in [2.45, 2.75) is 12.6 Å². The summed E-state index contributed by atoms with van der Waals surface area (Å²) in [6.07, 6.45) is -4.90. The lowest BCUT2D eigenvalue weighted by Gasteiger charge is -2.12. The third-order valence-corrected chi connectivity index (χ3v) is 2.96. The number of rotatable bonds is 1. The van der Waals surface area contributed by atoms with E-state index in [4.69, 9.17) is 5.26 Å². The maximum absolute atomic E-state index is 13.0. The zero-order valence-electron chi connectivity index (χ0n) is 7.20. The highest BCUT2D eigenvalue weighted by Gasteiger charge is 2.37. The van der Waals surface area contributed by atoms with Gasteiger partial charge in [0.1, 0.15) is 11.4 Å². The SMILES string of the molecule is N#CCc1ccc(F)c(C(F)(F)F)c1I. The van der Waals surface area contributed by atoms with Crippen LogP contribution in [-0.2, 0) is 12.6 Å². The summed E-state index contributed by atoms with van der Waals surface area (Å²) in [4.78, 5) is 0. The van der Waals surface area contributed by atoms with E-state index in [-0.39, 0.29) is 15.6 Å². The molecule has 0 heterocycles. The zero-order chi connectivity index (χ0) is 11.6. The van der Waals surface area contributed by atoms with E-state index in [9.17, 15) is 17.6 Å². The van der Waals surface area contributed by atoms with Crippen molar-refractivity contribution in [2.75, 3.05) is 0 Å². The molecular formula is C9H4F4IN. The second-order valence-corrected chi connectivity index (χ2v) is 3.81. The molecule has 15 heavy (non-hydrogen) atoms. The van der Waals surface area contributed by atoms with E-state index >= 15 is 0 Å². The van der Waals surface area contributed by atoms with Gasteiger partial charge in [0, 0.05) is 3.57 Å². The van der Waals surface area contributed by atoms with Crippen LogP contribution in [0, 0.1) is 20.7 Å². The van der Waals surface area contributed by atoms with Crippen LogP contribution in [0.5, 0.6) is 0 Å². The van der Waals surface area contributed by atoms with Crippen LogP contribution >= 0.6 is 22.6 Å². The van der Waals surface area contributed by atoms with E-state index in [1.165, 1.54) is 28.7 Å². The Kier molecular flexibility index (Phi) is 3.54. The van der Waals surface area contributed by atoms with Gasteiger partial charge in [0.15, 0.2) is 0 Å². The fraction of sp³-hybridized carbons (Fsp3) is 0.222. The molecule has 0 radical (unpaired) electrons. The minimum Gasteiger partial charge on any atom is -0.206 e. The first-order valence-electron chi connectivity index (χ1n) is 3.79. The number of alkyl halides is 3. The molecule has 1 aromatic carbocycles. The fourth-order valence-electron chi connectivity index (χ4n) is 1.08. The van der Waals surface area contributed by atoms with Gasteiger partial charge in [-0.1, -0.05) is 6.07 Å². The summed E-state index contributed by atoms with van der Waals surface area (Å²) in [6, 6.07) is 3.65. The third kappa shape index (κ3) is 2.59. The molecule has 80 valence electrons. The molecule has 0 saturated heterocycles. The number of benzene rings is 1. The predicted octanol–water partition coefficient (Wildman–Crippen LogP) is 3.52. The van der Waals surface area contributed by atoms with E-state index in [0.29, 0.717) is 0 Å². The van der Waals surface area contributed by atoms with Crippen LogP contribution < -0.4 is 0 Å². The van der Waals surface area contributed by atoms with Gasteiger partial charge in [-0.05, 0) is 34.2 Å². The first kappa shape index (κ1) is 12.2. The van der Waals surface area contributed by atoms with E-state index in [1.54, 1.807) is 6.07 Å². The highest BCUT2D eigenvalue weighted by atomic mass is 127. The predicted molar refractivity (Wildman–Crippen MR) is 53.4 cm³/mol. The third-order valence-electron chi connectivity index (χ3n) is 1.72. The molecule has 0 aliphatic rings. The first-order valence-corrected chi connectivity index (χ1v) is 4.87. The molecule has 0 bridgehead atoms. The molecule has 0 fully saturated rings. The van der Waals surface area contributed by atoms with Gasteiger partial charge >= 0.3 is 6.18 Å². The quantitative estimate of drug-likeness (QED) is 0.571. The number of nitriles is 1. The minimum absolute atomic E-state index is 0.165. The molecule has 0 aliphatic heterocycles. The minimum atomic E-state index is -4.73. The van der Waals surface area contributed by atoms with Crippen molar-refractivity contribution in [3.8, 4) is 6.07 Å². The van der Waals surface area contributed by atoms with Crippen molar-refractivity contribution < 1.29 is 17.6 Å². The van der Waals surface area contributed by atoms with Crippen molar-refractivity contribution in [3.63, 3.8) is 0 Å². The molecule has 0 unspecified atom stereocenters. The molecule has 0 N–H and O–H groups in total. The lowest BCUT2D eigenvalue weighted by molar-refractivity contribution is -0.140. The van der Waals surface area contributed by atoms with Crippen molar-refractivity contribution in [1.82, 2.24) is 0 Å². The lowest BCUT2D eigenvalue weighted by atomic mass is 10.1. The van der Waals surface area contributed by atoms with E-state index < -0.39 is 17.6 Å². The topological polar surface area (TPSA) is 23.8 Å². The van der Waals surface area contributed by atoms with Gasteiger partial charge in [0.05, 0.1) is 12.5 Å². The van der Waals surface area contributed by atoms with Gasteiger partial charge in [-0.15, -0.1) is 0 Å². The van der Waals surface area contributed by atoms with Crippen molar-refractivity contribution >= 4 is 22.6 Å². The van der Waals surface area contributed by atoms with Crippen molar-refractivity contribution in [2.24, 2.45) is 0 Å². The smallest absolute Gasteiger partial charge is 0.206 e. The lowest BCUT2D eigenvalue weighted by Crippen LogP contribution is -2.12. The first-order chi connectivity index (χ1) is 6.88. The molecule has 0 spiro atoms. The largest absolute Gasteiger partial charge is 0.420 e. The summed E-state index contributed by atoms with van der Waals surface area (Å²) >= 11 is 1.40. The van der Waals surface area contributed by atoms with Crippen LogP contribution in [0.15, 0.2) is 12.1 Å². The Bertz CT molecular complexity index is 419. The Balaban J connectivity index is 3.38. The highest BCUT2D eigenvalue weighted by Crippen LogP contribution is 2.36. The number of hydrogen-bond donors (Lipinski definition) is 0. The molecular weight excluding hydrogens is 325 g/mol. The van der Waals surface area contributed by atoms with Crippen molar-refractivity contribution in [3.05, 3.63) is 32.6 Å². The van der Waals surface area contributed by atoms with Gasteiger partial charge in [0.2, 0.25) is 0 Å². The Morgan fingerprint density at radius 1 is 1.33 bits per heavy atom. The van der Waals surface area contributed by atoms with Crippen LogP contribution in [0.25, 0.3) is 0 Å². The number of nitrogens with zero attached hydrogens (tertiary/aromatic N) is 1. The Morgan fingerprint density at radius 2 is 1.93 bits per heavy atom. The molecule has 0 atom stereocenters. The summed E-state index contributed by atoms with van der Waals surface area (Å²) in [5, 5.41) is 8.38. The zero-order valence-corrected chi connectivity index (χ0v) is 9.36. The van der Waals surface area contributed by atoms with Gasteiger partial charge in [-0.25, -0.2) is 4.39 Å². The molecule has 1 rings (SSSR count). The van der Waals surface area contributed by atoms with Crippen LogP contribution in [0.2, 0.25) is 0 Å². The Hall–Kier alpha value is -0.840. The standard InChI is InChI=1S/C9H4F4IN/c10-6-2-1-5(3-4-15)8(14)7(6)9(11,12)13/h1-2H,3H2. The molecule has 1 nitrogen and oxygen atoms in total. The molecule has 0 aromatic heterocycles. The summed E-state index contributed by atoms with van der Waals surface area (Å²) in [5.41, 5.74) is -1.11. The molecule has 0 amide bonds. The summed E-state index contributed by atoms with van der Waals surface area (Å²) < 4.78 is 49.9. The molecule has 0 aliphatic carbocycles. The maximum Gasteiger partial charge on any atom is 0.420 e.